The molecule has 1 saturated heterocycles. The van der Waals surface area contributed by atoms with Gasteiger partial charge in [0.25, 0.3) is 0 Å². The molecule has 86 valence electrons. The predicted octanol–water partition coefficient (Wildman–Crippen LogP) is 1.40. The maximum absolute atomic E-state index is 11.2. The fraction of sp³-hybridized carbons (Fsp3) is 0.455. The number of halogens is 1. The van der Waals surface area contributed by atoms with Crippen LogP contribution in [0.25, 0.3) is 0 Å². The minimum Gasteiger partial charge on any atom is -0.367 e. The van der Waals surface area contributed by atoms with Gasteiger partial charge in [-0.05, 0) is 12.1 Å². The van der Waals surface area contributed by atoms with Gasteiger partial charge in [-0.1, -0.05) is 11.6 Å². The normalized spacial score (nSPS) is 16.4. The Morgan fingerprint density at radius 3 is 2.50 bits per heavy atom. The van der Waals surface area contributed by atoms with Gasteiger partial charge in [-0.2, -0.15) is 0 Å². The number of amides is 1. The quantitative estimate of drug-likeness (QED) is 0.696. The van der Waals surface area contributed by atoms with Crippen LogP contribution in [-0.4, -0.2) is 42.0 Å². The molecule has 0 radical (unpaired) electrons. The zero-order valence-electron chi connectivity index (χ0n) is 9.19. The van der Waals surface area contributed by atoms with Crippen LogP contribution in [0.1, 0.15) is 6.92 Å². The van der Waals surface area contributed by atoms with E-state index in [1.54, 1.807) is 19.2 Å². The lowest BCUT2D eigenvalue weighted by Crippen LogP contribution is -2.48. The topological polar surface area (TPSA) is 36.4 Å². The lowest BCUT2D eigenvalue weighted by Gasteiger charge is -2.35. The van der Waals surface area contributed by atoms with Crippen LogP contribution >= 0.6 is 11.6 Å². The van der Waals surface area contributed by atoms with Gasteiger partial charge in [-0.25, -0.2) is 4.98 Å². The zero-order valence-corrected chi connectivity index (χ0v) is 9.94. The van der Waals surface area contributed by atoms with Crippen molar-refractivity contribution in [1.29, 1.82) is 0 Å². The van der Waals surface area contributed by atoms with Crippen LogP contribution in [0.4, 0.5) is 5.69 Å². The number of aromatic nitrogens is 1. The molecule has 1 aromatic heterocycles. The van der Waals surface area contributed by atoms with Crippen molar-refractivity contribution in [2.45, 2.75) is 6.92 Å². The van der Waals surface area contributed by atoms with E-state index in [1.165, 1.54) is 0 Å². The molecule has 0 unspecified atom stereocenters. The van der Waals surface area contributed by atoms with E-state index in [1.807, 2.05) is 11.0 Å². The van der Waals surface area contributed by atoms with Gasteiger partial charge in [-0.3, -0.25) is 4.79 Å². The largest absolute Gasteiger partial charge is 0.367 e. The maximum Gasteiger partial charge on any atom is 0.219 e. The summed E-state index contributed by atoms with van der Waals surface area (Å²) >= 11 is 5.73. The Hall–Kier alpha value is -1.29. The van der Waals surface area contributed by atoms with Gasteiger partial charge >= 0.3 is 0 Å². The molecule has 0 N–H and O–H groups in total. The molecular weight excluding hydrogens is 226 g/mol. The van der Waals surface area contributed by atoms with Crippen LogP contribution in [0.2, 0.25) is 5.15 Å². The highest BCUT2D eigenvalue weighted by molar-refractivity contribution is 6.29. The second kappa shape index (κ2) is 4.70. The molecule has 0 aliphatic carbocycles. The smallest absolute Gasteiger partial charge is 0.219 e. The first-order valence-corrected chi connectivity index (χ1v) is 5.66. The number of anilines is 1. The van der Waals surface area contributed by atoms with Crippen molar-refractivity contribution in [3.63, 3.8) is 0 Å². The van der Waals surface area contributed by atoms with Crippen LogP contribution in [-0.2, 0) is 4.79 Å². The van der Waals surface area contributed by atoms with E-state index in [0.29, 0.717) is 5.15 Å². The number of carbonyl (C=O) groups is 1. The molecule has 2 heterocycles. The summed E-state index contributed by atoms with van der Waals surface area (Å²) in [6.45, 7) is 4.86. The SMILES string of the molecule is CC(=O)N1CCN(c2ccc(Cl)nc2)CC1. The fourth-order valence-corrected chi connectivity index (χ4v) is 1.95. The first-order valence-electron chi connectivity index (χ1n) is 5.29. The lowest BCUT2D eigenvalue weighted by atomic mass is 10.3. The van der Waals surface area contributed by atoms with Crippen LogP contribution in [0.15, 0.2) is 18.3 Å². The number of nitrogens with zero attached hydrogens (tertiary/aromatic N) is 3. The van der Waals surface area contributed by atoms with E-state index >= 15 is 0 Å². The van der Waals surface area contributed by atoms with Crippen molar-refractivity contribution in [3.8, 4) is 0 Å². The molecule has 4 nitrogen and oxygen atoms in total. The van der Waals surface area contributed by atoms with Crippen molar-refractivity contribution in [3.05, 3.63) is 23.5 Å². The molecule has 0 aromatic carbocycles. The van der Waals surface area contributed by atoms with Gasteiger partial charge < -0.3 is 9.80 Å². The maximum atomic E-state index is 11.2. The van der Waals surface area contributed by atoms with Crippen LogP contribution in [0.3, 0.4) is 0 Å². The Morgan fingerprint density at radius 2 is 2.00 bits per heavy atom. The van der Waals surface area contributed by atoms with Crippen LogP contribution < -0.4 is 4.90 Å². The number of hydrogen-bond donors (Lipinski definition) is 0. The van der Waals surface area contributed by atoms with Crippen molar-refractivity contribution in [2.24, 2.45) is 0 Å². The van der Waals surface area contributed by atoms with Gasteiger partial charge in [-0.15, -0.1) is 0 Å². The van der Waals surface area contributed by atoms with E-state index < -0.39 is 0 Å². The average molecular weight is 240 g/mol. The standard InChI is InChI=1S/C11H14ClN3O/c1-9(16)14-4-6-15(7-5-14)10-2-3-11(12)13-8-10/h2-3,8H,4-7H2,1H3. The molecule has 0 atom stereocenters. The lowest BCUT2D eigenvalue weighted by molar-refractivity contribution is -0.129. The molecule has 1 aromatic rings. The Bertz CT molecular complexity index is 371. The second-order valence-corrected chi connectivity index (χ2v) is 4.22. The third-order valence-electron chi connectivity index (χ3n) is 2.80. The van der Waals surface area contributed by atoms with Crippen molar-refractivity contribution >= 4 is 23.2 Å². The van der Waals surface area contributed by atoms with E-state index in [0.717, 1.165) is 31.9 Å². The van der Waals surface area contributed by atoms with E-state index in [9.17, 15) is 4.79 Å². The van der Waals surface area contributed by atoms with Crippen molar-refractivity contribution < 1.29 is 4.79 Å². The van der Waals surface area contributed by atoms with Gasteiger partial charge in [0.15, 0.2) is 0 Å². The van der Waals surface area contributed by atoms with Gasteiger partial charge in [0.1, 0.15) is 5.15 Å². The average Bonchev–Trinajstić information content (AvgIpc) is 2.30. The third kappa shape index (κ3) is 2.44. The van der Waals surface area contributed by atoms with Gasteiger partial charge in [0.05, 0.1) is 11.9 Å². The summed E-state index contributed by atoms with van der Waals surface area (Å²) in [7, 11) is 0. The molecule has 2 rings (SSSR count). The summed E-state index contributed by atoms with van der Waals surface area (Å²) in [5.41, 5.74) is 1.06. The minimum absolute atomic E-state index is 0.147. The second-order valence-electron chi connectivity index (χ2n) is 3.83. The van der Waals surface area contributed by atoms with Gasteiger partial charge in [0, 0.05) is 33.1 Å². The Kier molecular flexibility index (Phi) is 3.29. The highest BCUT2D eigenvalue weighted by Crippen LogP contribution is 2.17. The minimum atomic E-state index is 0.147. The highest BCUT2D eigenvalue weighted by Gasteiger charge is 2.18. The first-order chi connectivity index (χ1) is 7.66. The molecule has 1 fully saturated rings. The molecule has 5 heteroatoms. The predicted molar refractivity (Wildman–Crippen MR) is 63.7 cm³/mol. The van der Waals surface area contributed by atoms with Crippen LogP contribution in [0.5, 0.6) is 0 Å². The Balaban J connectivity index is 1.99. The summed E-state index contributed by atoms with van der Waals surface area (Å²) in [6, 6.07) is 3.74. The monoisotopic (exact) mass is 239 g/mol. The molecule has 0 spiro atoms. The summed E-state index contributed by atoms with van der Waals surface area (Å²) in [6.07, 6.45) is 1.77. The first kappa shape index (κ1) is 11.2. The van der Waals surface area contributed by atoms with E-state index in [2.05, 4.69) is 9.88 Å². The number of hydrogen-bond acceptors (Lipinski definition) is 3. The number of piperazine rings is 1. The molecule has 0 bridgehead atoms. The summed E-state index contributed by atoms with van der Waals surface area (Å²) < 4.78 is 0. The third-order valence-corrected chi connectivity index (χ3v) is 3.03. The van der Waals surface area contributed by atoms with Crippen molar-refractivity contribution in [1.82, 2.24) is 9.88 Å². The summed E-state index contributed by atoms with van der Waals surface area (Å²) in [5, 5.41) is 0.506. The molecule has 1 aliphatic rings. The van der Waals surface area contributed by atoms with E-state index in [4.69, 9.17) is 11.6 Å². The molecule has 1 amide bonds. The summed E-state index contributed by atoms with van der Waals surface area (Å²) in [5.74, 6) is 0.147. The molecule has 1 aliphatic heterocycles. The molecular formula is C11H14ClN3O. The number of carbonyl (C=O) groups excluding carboxylic acids is 1. The Labute approximate surface area is 99.8 Å². The van der Waals surface area contributed by atoms with Crippen molar-refractivity contribution in [2.75, 3.05) is 31.1 Å². The highest BCUT2D eigenvalue weighted by atomic mass is 35.5. The van der Waals surface area contributed by atoms with Crippen LogP contribution in [0, 0.1) is 0 Å². The molecule has 16 heavy (non-hydrogen) atoms. The van der Waals surface area contributed by atoms with Gasteiger partial charge in [0.2, 0.25) is 5.91 Å². The Morgan fingerprint density at radius 1 is 1.31 bits per heavy atom. The number of rotatable bonds is 1. The molecule has 0 saturated carbocycles. The number of pyridine rings is 1. The summed E-state index contributed by atoms with van der Waals surface area (Å²) in [4.78, 5) is 19.3. The fourth-order valence-electron chi connectivity index (χ4n) is 1.83. The van der Waals surface area contributed by atoms with E-state index in [-0.39, 0.29) is 5.91 Å². The zero-order chi connectivity index (χ0) is 11.5.